The molecule has 0 amide bonds. The van der Waals surface area contributed by atoms with E-state index in [0.29, 0.717) is 13.2 Å². The lowest BCUT2D eigenvalue weighted by Crippen LogP contribution is -2.07. The summed E-state index contributed by atoms with van der Waals surface area (Å²) in [7, 11) is 1.64. The van der Waals surface area contributed by atoms with Gasteiger partial charge in [0.15, 0.2) is 11.5 Å². The predicted octanol–water partition coefficient (Wildman–Crippen LogP) is 2.44. The average Bonchev–Trinajstić information content (AvgIpc) is 2.46. The van der Waals surface area contributed by atoms with E-state index >= 15 is 0 Å². The summed E-state index contributed by atoms with van der Waals surface area (Å²) in [6, 6.07) is 9.69. The van der Waals surface area contributed by atoms with Crippen LogP contribution in [0.15, 0.2) is 36.5 Å². The van der Waals surface area contributed by atoms with Crippen LogP contribution in [-0.2, 0) is 13.2 Å². The Bertz CT molecular complexity index is 556. The van der Waals surface area contributed by atoms with E-state index in [1.165, 1.54) is 0 Å². The van der Waals surface area contributed by atoms with Crippen molar-refractivity contribution in [3.63, 3.8) is 0 Å². The second-order valence-corrected chi connectivity index (χ2v) is 4.26. The first kappa shape index (κ1) is 13.4. The molecule has 0 fully saturated rings. The molecule has 0 saturated heterocycles. The highest BCUT2D eigenvalue weighted by atomic mass is 16.5. The average molecular weight is 258 g/mol. The minimum atomic E-state index is 0.407. The highest BCUT2D eigenvalue weighted by molar-refractivity contribution is 5.42. The fourth-order valence-corrected chi connectivity index (χ4v) is 1.84. The number of aromatic nitrogens is 1. The summed E-state index contributed by atoms with van der Waals surface area (Å²) in [5, 5.41) is 0. The molecule has 4 nitrogen and oxygen atoms in total. The Labute approximate surface area is 113 Å². The number of pyridine rings is 1. The number of nitrogens with two attached hydrogens (primary N) is 1. The lowest BCUT2D eigenvalue weighted by molar-refractivity contribution is 0.283. The molecule has 2 aromatic rings. The minimum Gasteiger partial charge on any atom is -0.493 e. The van der Waals surface area contributed by atoms with Gasteiger partial charge in [0.25, 0.3) is 0 Å². The number of benzene rings is 1. The minimum absolute atomic E-state index is 0.407. The first-order chi connectivity index (χ1) is 9.24. The van der Waals surface area contributed by atoms with Crippen molar-refractivity contribution in [3.8, 4) is 11.5 Å². The van der Waals surface area contributed by atoms with E-state index in [0.717, 1.165) is 28.3 Å². The summed E-state index contributed by atoms with van der Waals surface area (Å²) in [5.41, 5.74) is 8.63. The first-order valence-corrected chi connectivity index (χ1v) is 6.15. The number of ether oxygens (including phenoxy) is 2. The van der Waals surface area contributed by atoms with Gasteiger partial charge in [-0.15, -0.1) is 0 Å². The number of hydrogen-bond donors (Lipinski definition) is 1. The molecule has 4 heteroatoms. The molecule has 1 aromatic carbocycles. The summed E-state index contributed by atoms with van der Waals surface area (Å²) >= 11 is 0. The highest BCUT2D eigenvalue weighted by Gasteiger charge is 2.07. The Balaban J connectivity index is 2.14. The van der Waals surface area contributed by atoms with Crippen LogP contribution < -0.4 is 15.2 Å². The third kappa shape index (κ3) is 3.23. The van der Waals surface area contributed by atoms with Gasteiger partial charge in [-0.25, -0.2) is 0 Å². The standard InChI is InChI=1S/C15H18N2O2/c1-11-5-6-14(15(8-11)18-2)19-10-12-4-3-7-17-13(12)9-16/h3-8H,9-10,16H2,1-2H3. The van der Waals surface area contributed by atoms with Crippen molar-refractivity contribution in [1.29, 1.82) is 0 Å². The van der Waals surface area contributed by atoms with Gasteiger partial charge in [0.2, 0.25) is 0 Å². The molecule has 0 saturated carbocycles. The number of nitrogens with zero attached hydrogens (tertiary/aromatic N) is 1. The molecule has 0 bridgehead atoms. The van der Waals surface area contributed by atoms with E-state index in [4.69, 9.17) is 15.2 Å². The van der Waals surface area contributed by atoms with Crippen molar-refractivity contribution in [2.24, 2.45) is 5.73 Å². The van der Waals surface area contributed by atoms with Gasteiger partial charge in [0, 0.05) is 18.3 Å². The van der Waals surface area contributed by atoms with Crippen LogP contribution in [0, 0.1) is 6.92 Å². The van der Waals surface area contributed by atoms with Crippen molar-refractivity contribution in [2.75, 3.05) is 7.11 Å². The van der Waals surface area contributed by atoms with Crippen LogP contribution in [0.5, 0.6) is 11.5 Å². The normalized spacial score (nSPS) is 10.3. The van der Waals surface area contributed by atoms with Crippen LogP contribution in [0.4, 0.5) is 0 Å². The van der Waals surface area contributed by atoms with E-state index in [-0.39, 0.29) is 0 Å². The van der Waals surface area contributed by atoms with Gasteiger partial charge < -0.3 is 15.2 Å². The van der Waals surface area contributed by atoms with Crippen molar-refractivity contribution in [2.45, 2.75) is 20.1 Å². The van der Waals surface area contributed by atoms with E-state index < -0.39 is 0 Å². The quantitative estimate of drug-likeness (QED) is 0.895. The zero-order valence-corrected chi connectivity index (χ0v) is 11.2. The molecule has 0 spiro atoms. The van der Waals surface area contributed by atoms with Gasteiger partial charge in [0.05, 0.1) is 12.8 Å². The lowest BCUT2D eigenvalue weighted by Gasteiger charge is -2.12. The SMILES string of the molecule is COc1cc(C)ccc1OCc1cccnc1CN. The van der Waals surface area contributed by atoms with Crippen LogP contribution in [0.1, 0.15) is 16.8 Å². The monoisotopic (exact) mass is 258 g/mol. The second-order valence-electron chi connectivity index (χ2n) is 4.26. The third-order valence-electron chi connectivity index (χ3n) is 2.88. The van der Waals surface area contributed by atoms with Crippen LogP contribution in [0.3, 0.4) is 0 Å². The Morgan fingerprint density at radius 1 is 1.21 bits per heavy atom. The molecule has 0 aliphatic rings. The maximum atomic E-state index is 5.79. The molecule has 0 aliphatic heterocycles. The first-order valence-electron chi connectivity index (χ1n) is 6.15. The molecule has 0 unspecified atom stereocenters. The van der Waals surface area contributed by atoms with Gasteiger partial charge in [-0.1, -0.05) is 12.1 Å². The van der Waals surface area contributed by atoms with Gasteiger partial charge in [-0.3, -0.25) is 4.98 Å². The van der Waals surface area contributed by atoms with E-state index in [1.807, 2.05) is 37.3 Å². The van der Waals surface area contributed by atoms with Crippen molar-refractivity contribution in [3.05, 3.63) is 53.3 Å². The molecule has 19 heavy (non-hydrogen) atoms. The van der Waals surface area contributed by atoms with Crippen LogP contribution >= 0.6 is 0 Å². The Kier molecular flexibility index (Phi) is 4.36. The molecular weight excluding hydrogens is 240 g/mol. The predicted molar refractivity (Wildman–Crippen MR) is 74.2 cm³/mol. The Morgan fingerprint density at radius 2 is 2.05 bits per heavy atom. The molecule has 1 heterocycles. The van der Waals surface area contributed by atoms with Gasteiger partial charge >= 0.3 is 0 Å². The summed E-state index contributed by atoms with van der Waals surface area (Å²) in [5.74, 6) is 1.46. The molecule has 1 aromatic heterocycles. The van der Waals surface area contributed by atoms with E-state index in [2.05, 4.69) is 4.98 Å². The summed E-state index contributed by atoms with van der Waals surface area (Å²) in [6.07, 6.45) is 1.73. The molecule has 0 aliphatic carbocycles. The van der Waals surface area contributed by atoms with Gasteiger partial charge in [0.1, 0.15) is 6.61 Å². The molecular formula is C15H18N2O2. The second kappa shape index (κ2) is 6.20. The fraction of sp³-hybridized carbons (Fsp3) is 0.267. The molecule has 0 atom stereocenters. The lowest BCUT2D eigenvalue weighted by atomic mass is 10.2. The zero-order valence-electron chi connectivity index (χ0n) is 11.2. The maximum Gasteiger partial charge on any atom is 0.161 e. The number of rotatable bonds is 5. The van der Waals surface area contributed by atoms with Crippen LogP contribution in [0.2, 0.25) is 0 Å². The number of aryl methyl sites for hydroxylation is 1. The van der Waals surface area contributed by atoms with Crippen molar-refractivity contribution < 1.29 is 9.47 Å². The largest absolute Gasteiger partial charge is 0.493 e. The van der Waals surface area contributed by atoms with Crippen molar-refractivity contribution >= 4 is 0 Å². The number of hydrogen-bond acceptors (Lipinski definition) is 4. The van der Waals surface area contributed by atoms with Gasteiger partial charge in [-0.05, 0) is 30.7 Å². The van der Waals surface area contributed by atoms with Gasteiger partial charge in [-0.2, -0.15) is 0 Å². The summed E-state index contributed by atoms with van der Waals surface area (Å²) in [6.45, 7) is 2.85. The fourth-order valence-electron chi connectivity index (χ4n) is 1.84. The summed E-state index contributed by atoms with van der Waals surface area (Å²) in [4.78, 5) is 4.23. The molecule has 0 radical (unpaired) electrons. The molecule has 100 valence electrons. The smallest absolute Gasteiger partial charge is 0.161 e. The maximum absolute atomic E-state index is 5.79. The van der Waals surface area contributed by atoms with Crippen LogP contribution in [0.25, 0.3) is 0 Å². The number of methoxy groups -OCH3 is 1. The highest BCUT2D eigenvalue weighted by Crippen LogP contribution is 2.28. The third-order valence-corrected chi connectivity index (χ3v) is 2.88. The Hall–Kier alpha value is -2.07. The van der Waals surface area contributed by atoms with Crippen molar-refractivity contribution in [1.82, 2.24) is 4.98 Å². The van der Waals surface area contributed by atoms with E-state index in [9.17, 15) is 0 Å². The summed E-state index contributed by atoms with van der Waals surface area (Å²) < 4.78 is 11.1. The molecule has 2 rings (SSSR count). The van der Waals surface area contributed by atoms with Crippen LogP contribution in [-0.4, -0.2) is 12.1 Å². The Morgan fingerprint density at radius 3 is 2.79 bits per heavy atom. The molecule has 2 N–H and O–H groups in total. The zero-order chi connectivity index (χ0) is 13.7. The topological polar surface area (TPSA) is 57.4 Å². The van der Waals surface area contributed by atoms with E-state index in [1.54, 1.807) is 13.3 Å².